The van der Waals surface area contributed by atoms with Crippen molar-refractivity contribution in [2.75, 3.05) is 5.32 Å². The van der Waals surface area contributed by atoms with E-state index >= 15 is 0 Å². The molecular weight excluding hydrogens is 311 g/mol. The van der Waals surface area contributed by atoms with Crippen molar-refractivity contribution >= 4 is 40.7 Å². The van der Waals surface area contributed by atoms with Gasteiger partial charge in [-0.2, -0.15) is 0 Å². The first-order valence-corrected chi connectivity index (χ1v) is 7.89. The summed E-state index contributed by atoms with van der Waals surface area (Å²) in [5.41, 5.74) is 0.449. The minimum Gasteiger partial charge on any atom is -0.345 e. The van der Waals surface area contributed by atoms with E-state index in [1.165, 1.54) is 18.9 Å². The van der Waals surface area contributed by atoms with Gasteiger partial charge in [0, 0.05) is 11.7 Å². The SMILES string of the molecule is O=C(Nc1ccc(Cl)c(Cl)c1)C(=O)NC1CCCCCC1. The van der Waals surface area contributed by atoms with E-state index in [9.17, 15) is 9.59 Å². The summed E-state index contributed by atoms with van der Waals surface area (Å²) in [5, 5.41) is 6.05. The van der Waals surface area contributed by atoms with Crippen LogP contribution in [-0.2, 0) is 9.59 Å². The zero-order valence-corrected chi connectivity index (χ0v) is 13.1. The van der Waals surface area contributed by atoms with Gasteiger partial charge in [0.15, 0.2) is 0 Å². The van der Waals surface area contributed by atoms with Crippen molar-refractivity contribution in [2.24, 2.45) is 0 Å². The average molecular weight is 329 g/mol. The fourth-order valence-electron chi connectivity index (χ4n) is 2.44. The van der Waals surface area contributed by atoms with Crippen LogP contribution in [0.3, 0.4) is 0 Å². The van der Waals surface area contributed by atoms with Crippen molar-refractivity contribution in [3.05, 3.63) is 28.2 Å². The first kappa shape index (κ1) is 16.1. The Kier molecular flexibility index (Phi) is 5.88. The van der Waals surface area contributed by atoms with Gasteiger partial charge in [0.25, 0.3) is 0 Å². The fraction of sp³-hybridized carbons (Fsp3) is 0.467. The number of rotatable bonds is 2. The Morgan fingerprint density at radius 1 is 0.952 bits per heavy atom. The number of halogens is 2. The normalized spacial score (nSPS) is 16.1. The zero-order valence-electron chi connectivity index (χ0n) is 11.6. The summed E-state index contributed by atoms with van der Waals surface area (Å²) in [4.78, 5) is 23.8. The van der Waals surface area contributed by atoms with Crippen LogP contribution >= 0.6 is 23.2 Å². The van der Waals surface area contributed by atoms with E-state index < -0.39 is 11.8 Å². The van der Waals surface area contributed by atoms with Crippen LogP contribution in [-0.4, -0.2) is 17.9 Å². The summed E-state index contributed by atoms with van der Waals surface area (Å²) in [6, 6.07) is 4.79. The molecule has 21 heavy (non-hydrogen) atoms. The van der Waals surface area contributed by atoms with Gasteiger partial charge >= 0.3 is 11.8 Å². The predicted octanol–water partition coefficient (Wildman–Crippen LogP) is 3.77. The van der Waals surface area contributed by atoms with Crippen LogP contribution in [0.25, 0.3) is 0 Å². The third-order valence-corrected chi connectivity index (χ3v) is 4.31. The molecule has 2 N–H and O–H groups in total. The van der Waals surface area contributed by atoms with Gasteiger partial charge in [-0.3, -0.25) is 9.59 Å². The molecule has 2 rings (SSSR count). The molecule has 0 bridgehead atoms. The molecule has 2 amide bonds. The van der Waals surface area contributed by atoms with Gasteiger partial charge < -0.3 is 10.6 Å². The number of nitrogens with one attached hydrogen (secondary N) is 2. The molecule has 6 heteroatoms. The van der Waals surface area contributed by atoms with Gasteiger partial charge in [0.2, 0.25) is 0 Å². The number of carbonyl (C=O) groups excluding carboxylic acids is 2. The maximum atomic E-state index is 11.9. The number of amides is 2. The molecule has 0 heterocycles. The van der Waals surface area contributed by atoms with E-state index in [-0.39, 0.29) is 6.04 Å². The highest BCUT2D eigenvalue weighted by molar-refractivity contribution is 6.42. The van der Waals surface area contributed by atoms with E-state index in [1.54, 1.807) is 12.1 Å². The predicted molar refractivity (Wildman–Crippen MR) is 84.7 cm³/mol. The van der Waals surface area contributed by atoms with E-state index in [4.69, 9.17) is 23.2 Å². The van der Waals surface area contributed by atoms with Gasteiger partial charge in [-0.05, 0) is 31.0 Å². The highest BCUT2D eigenvalue weighted by Crippen LogP contribution is 2.25. The maximum Gasteiger partial charge on any atom is 0.313 e. The quantitative estimate of drug-likeness (QED) is 0.641. The Labute approximate surface area is 134 Å². The Morgan fingerprint density at radius 3 is 2.24 bits per heavy atom. The molecule has 0 unspecified atom stereocenters. The Hall–Kier alpha value is -1.26. The summed E-state index contributed by atoms with van der Waals surface area (Å²) in [5.74, 6) is -1.29. The summed E-state index contributed by atoms with van der Waals surface area (Å²) in [7, 11) is 0. The second-order valence-corrected chi connectivity index (χ2v) is 6.06. The second-order valence-electron chi connectivity index (χ2n) is 5.24. The highest BCUT2D eigenvalue weighted by atomic mass is 35.5. The third-order valence-electron chi connectivity index (χ3n) is 3.57. The third kappa shape index (κ3) is 4.90. The van der Waals surface area contributed by atoms with Gasteiger partial charge in [0.05, 0.1) is 10.0 Å². The van der Waals surface area contributed by atoms with Crippen LogP contribution < -0.4 is 10.6 Å². The molecule has 1 aliphatic rings. The number of anilines is 1. The van der Waals surface area contributed by atoms with Crippen molar-refractivity contribution in [3.63, 3.8) is 0 Å². The molecule has 1 aliphatic carbocycles. The van der Waals surface area contributed by atoms with Crippen LogP contribution in [0.2, 0.25) is 10.0 Å². The summed E-state index contributed by atoms with van der Waals surface area (Å²) in [6.07, 6.45) is 6.46. The van der Waals surface area contributed by atoms with Crippen molar-refractivity contribution < 1.29 is 9.59 Å². The zero-order chi connectivity index (χ0) is 15.2. The molecule has 0 radical (unpaired) electrons. The van der Waals surface area contributed by atoms with Crippen LogP contribution in [0.4, 0.5) is 5.69 Å². The Bertz CT molecular complexity index is 526. The number of hydrogen-bond acceptors (Lipinski definition) is 2. The van der Waals surface area contributed by atoms with Crippen molar-refractivity contribution in [3.8, 4) is 0 Å². The standard InChI is InChI=1S/C15H18Cl2N2O2/c16-12-8-7-11(9-13(12)17)19-15(21)14(20)18-10-5-3-1-2-4-6-10/h7-10H,1-6H2,(H,18,20)(H,19,21). The van der Waals surface area contributed by atoms with Gasteiger partial charge in [-0.1, -0.05) is 48.9 Å². The van der Waals surface area contributed by atoms with Crippen LogP contribution in [0.15, 0.2) is 18.2 Å². The van der Waals surface area contributed by atoms with E-state index in [2.05, 4.69) is 10.6 Å². The smallest absolute Gasteiger partial charge is 0.313 e. The second kappa shape index (κ2) is 7.66. The minimum absolute atomic E-state index is 0.0968. The van der Waals surface area contributed by atoms with Crippen LogP contribution in [0.1, 0.15) is 38.5 Å². The molecule has 1 aromatic rings. The molecule has 1 aromatic carbocycles. The molecule has 4 nitrogen and oxygen atoms in total. The molecule has 0 aromatic heterocycles. The van der Waals surface area contributed by atoms with Gasteiger partial charge in [-0.25, -0.2) is 0 Å². The van der Waals surface area contributed by atoms with Crippen molar-refractivity contribution in [2.45, 2.75) is 44.6 Å². The minimum atomic E-state index is -0.683. The number of carbonyl (C=O) groups is 2. The Morgan fingerprint density at radius 2 is 1.62 bits per heavy atom. The Balaban J connectivity index is 1.89. The molecule has 0 spiro atoms. The highest BCUT2D eigenvalue weighted by Gasteiger charge is 2.19. The molecule has 114 valence electrons. The lowest BCUT2D eigenvalue weighted by Crippen LogP contribution is -2.41. The lowest BCUT2D eigenvalue weighted by molar-refractivity contribution is -0.136. The van der Waals surface area contributed by atoms with Crippen LogP contribution in [0, 0.1) is 0 Å². The first-order chi connectivity index (χ1) is 10.1. The number of hydrogen-bond donors (Lipinski definition) is 2. The molecular formula is C15H18Cl2N2O2. The fourth-order valence-corrected chi connectivity index (χ4v) is 2.73. The lowest BCUT2D eigenvalue weighted by atomic mass is 10.1. The monoisotopic (exact) mass is 328 g/mol. The maximum absolute atomic E-state index is 11.9. The topological polar surface area (TPSA) is 58.2 Å². The summed E-state index contributed by atoms with van der Waals surface area (Å²) >= 11 is 11.7. The van der Waals surface area contributed by atoms with E-state index in [0.29, 0.717) is 15.7 Å². The first-order valence-electron chi connectivity index (χ1n) is 7.13. The average Bonchev–Trinajstić information content (AvgIpc) is 2.71. The number of benzene rings is 1. The molecule has 0 atom stereocenters. The molecule has 0 aliphatic heterocycles. The van der Waals surface area contributed by atoms with Crippen molar-refractivity contribution in [1.29, 1.82) is 0 Å². The largest absolute Gasteiger partial charge is 0.345 e. The lowest BCUT2D eigenvalue weighted by Gasteiger charge is -2.15. The van der Waals surface area contributed by atoms with E-state index in [0.717, 1.165) is 25.7 Å². The van der Waals surface area contributed by atoms with E-state index in [1.807, 2.05) is 0 Å². The van der Waals surface area contributed by atoms with Gasteiger partial charge in [-0.15, -0.1) is 0 Å². The molecule has 1 saturated carbocycles. The summed E-state index contributed by atoms with van der Waals surface area (Å²) < 4.78 is 0. The molecule has 0 saturated heterocycles. The summed E-state index contributed by atoms with van der Waals surface area (Å²) in [6.45, 7) is 0. The van der Waals surface area contributed by atoms with Crippen LogP contribution in [0.5, 0.6) is 0 Å². The van der Waals surface area contributed by atoms with Crippen molar-refractivity contribution in [1.82, 2.24) is 5.32 Å². The van der Waals surface area contributed by atoms with Gasteiger partial charge in [0.1, 0.15) is 0 Å². The molecule has 1 fully saturated rings.